The summed E-state index contributed by atoms with van der Waals surface area (Å²) in [5.74, 6) is -0.0755. The standard InChI is InChI=1S/C9H18N4OS/c1-6(12-13-8(10)15)5-7(14)11-9(2,3)4/h5H2,1-4H3,(H,11,14)(H3,10,13,15)/b12-6-. The Hall–Kier alpha value is -1.17. The average Bonchev–Trinajstić information content (AvgIpc) is 1.96. The summed E-state index contributed by atoms with van der Waals surface area (Å²) in [5.41, 5.74) is 8.02. The van der Waals surface area contributed by atoms with Gasteiger partial charge in [-0.25, -0.2) is 0 Å². The van der Waals surface area contributed by atoms with Crippen LogP contribution in [0.2, 0.25) is 0 Å². The lowest BCUT2D eigenvalue weighted by molar-refractivity contribution is -0.121. The van der Waals surface area contributed by atoms with Crippen LogP contribution in [0.15, 0.2) is 5.10 Å². The highest BCUT2D eigenvalue weighted by Crippen LogP contribution is 1.99. The van der Waals surface area contributed by atoms with Gasteiger partial charge in [-0.3, -0.25) is 10.2 Å². The third-order valence-electron chi connectivity index (χ3n) is 1.29. The molecule has 0 radical (unpaired) electrons. The van der Waals surface area contributed by atoms with Crippen LogP contribution in [0.5, 0.6) is 0 Å². The van der Waals surface area contributed by atoms with Gasteiger partial charge in [0.2, 0.25) is 5.91 Å². The second-order valence-electron chi connectivity index (χ2n) is 4.30. The summed E-state index contributed by atoms with van der Waals surface area (Å²) >= 11 is 4.57. The predicted octanol–water partition coefficient (Wildman–Crippen LogP) is 0.500. The number of rotatable bonds is 3. The zero-order valence-electron chi connectivity index (χ0n) is 9.55. The van der Waals surface area contributed by atoms with E-state index in [1.807, 2.05) is 20.8 Å². The van der Waals surface area contributed by atoms with E-state index in [0.717, 1.165) is 0 Å². The average molecular weight is 230 g/mol. The van der Waals surface area contributed by atoms with E-state index in [2.05, 4.69) is 28.1 Å². The van der Waals surface area contributed by atoms with Gasteiger partial charge in [0.15, 0.2) is 5.11 Å². The van der Waals surface area contributed by atoms with Gasteiger partial charge in [-0.2, -0.15) is 5.10 Å². The fourth-order valence-electron chi connectivity index (χ4n) is 0.885. The lowest BCUT2D eigenvalue weighted by Crippen LogP contribution is -2.41. The summed E-state index contributed by atoms with van der Waals surface area (Å²) in [7, 11) is 0. The van der Waals surface area contributed by atoms with E-state index in [4.69, 9.17) is 5.73 Å². The molecule has 0 aromatic rings. The van der Waals surface area contributed by atoms with Crippen molar-refractivity contribution in [3.8, 4) is 0 Å². The summed E-state index contributed by atoms with van der Waals surface area (Å²) < 4.78 is 0. The Morgan fingerprint density at radius 3 is 2.40 bits per heavy atom. The molecular formula is C9H18N4OS. The monoisotopic (exact) mass is 230 g/mol. The number of hydrogen-bond donors (Lipinski definition) is 3. The van der Waals surface area contributed by atoms with Gasteiger partial charge in [-0.1, -0.05) is 0 Å². The van der Waals surface area contributed by atoms with E-state index in [1.54, 1.807) is 6.92 Å². The quantitative estimate of drug-likeness (QED) is 0.375. The van der Waals surface area contributed by atoms with Crippen LogP contribution < -0.4 is 16.5 Å². The summed E-state index contributed by atoms with van der Waals surface area (Å²) in [6.45, 7) is 7.49. The number of nitrogens with zero attached hydrogens (tertiary/aromatic N) is 1. The minimum absolute atomic E-state index is 0.0755. The van der Waals surface area contributed by atoms with E-state index >= 15 is 0 Å². The van der Waals surface area contributed by atoms with Crippen LogP contribution in [0.25, 0.3) is 0 Å². The van der Waals surface area contributed by atoms with E-state index in [9.17, 15) is 4.79 Å². The van der Waals surface area contributed by atoms with Crippen LogP contribution in [0, 0.1) is 0 Å². The molecule has 0 fully saturated rings. The van der Waals surface area contributed by atoms with Gasteiger partial charge < -0.3 is 11.1 Å². The van der Waals surface area contributed by atoms with Crippen molar-refractivity contribution in [3.05, 3.63) is 0 Å². The lowest BCUT2D eigenvalue weighted by atomic mass is 10.1. The molecule has 0 aromatic heterocycles. The summed E-state index contributed by atoms with van der Waals surface area (Å²) in [6.07, 6.45) is 0.229. The number of nitrogens with one attached hydrogen (secondary N) is 2. The summed E-state index contributed by atoms with van der Waals surface area (Å²) in [4.78, 5) is 11.4. The molecule has 0 aromatic carbocycles. The Bertz CT molecular complexity index is 280. The molecule has 4 N–H and O–H groups in total. The fourth-order valence-corrected chi connectivity index (χ4v) is 0.931. The van der Waals surface area contributed by atoms with Gasteiger partial charge in [0.05, 0.1) is 6.42 Å². The number of hydrazone groups is 1. The molecule has 0 saturated heterocycles. The number of carbonyl (C=O) groups is 1. The predicted molar refractivity (Wildman–Crippen MR) is 65.5 cm³/mol. The molecule has 6 heteroatoms. The Kier molecular flexibility index (Phi) is 5.21. The molecule has 86 valence electrons. The van der Waals surface area contributed by atoms with Gasteiger partial charge in [-0.05, 0) is 39.9 Å². The molecule has 0 unspecified atom stereocenters. The number of carbonyl (C=O) groups excluding carboxylic acids is 1. The summed E-state index contributed by atoms with van der Waals surface area (Å²) in [5, 5.41) is 6.75. The summed E-state index contributed by atoms with van der Waals surface area (Å²) in [6, 6.07) is 0. The number of amides is 1. The Morgan fingerprint density at radius 2 is 2.00 bits per heavy atom. The highest BCUT2D eigenvalue weighted by molar-refractivity contribution is 7.80. The van der Waals surface area contributed by atoms with Crippen LogP contribution in [0.1, 0.15) is 34.1 Å². The largest absolute Gasteiger partial charge is 0.375 e. The molecule has 0 bridgehead atoms. The highest BCUT2D eigenvalue weighted by Gasteiger charge is 2.13. The molecular weight excluding hydrogens is 212 g/mol. The molecule has 0 rings (SSSR count). The van der Waals surface area contributed by atoms with E-state index in [1.165, 1.54) is 0 Å². The highest BCUT2D eigenvalue weighted by atomic mass is 32.1. The van der Waals surface area contributed by atoms with Crippen molar-refractivity contribution in [2.24, 2.45) is 10.8 Å². The Morgan fingerprint density at radius 1 is 1.47 bits per heavy atom. The van der Waals surface area contributed by atoms with Crippen molar-refractivity contribution in [1.29, 1.82) is 0 Å². The van der Waals surface area contributed by atoms with Gasteiger partial charge >= 0.3 is 0 Å². The maximum atomic E-state index is 11.4. The Labute approximate surface area is 95.5 Å². The van der Waals surface area contributed by atoms with E-state index < -0.39 is 0 Å². The Balaban J connectivity index is 4.07. The number of nitrogens with two attached hydrogens (primary N) is 1. The number of thiocarbonyl (C=S) groups is 1. The van der Waals surface area contributed by atoms with Crippen LogP contribution in [0.4, 0.5) is 0 Å². The van der Waals surface area contributed by atoms with Gasteiger partial charge in [0.25, 0.3) is 0 Å². The molecule has 15 heavy (non-hydrogen) atoms. The van der Waals surface area contributed by atoms with Crippen LogP contribution >= 0.6 is 12.2 Å². The van der Waals surface area contributed by atoms with Crippen molar-refractivity contribution >= 4 is 28.9 Å². The molecule has 0 spiro atoms. The van der Waals surface area contributed by atoms with E-state index in [0.29, 0.717) is 5.71 Å². The lowest BCUT2D eigenvalue weighted by Gasteiger charge is -2.20. The van der Waals surface area contributed by atoms with Crippen molar-refractivity contribution < 1.29 is 4.79 Å². The molecule has 0 aliphatic carbocycles. The minimum Gasteiger partial charge on any atom is -0.375 e. The molecule has 5 nitrogen and oxygen atoms in total. The zero-order chi connectivity index (χ0) is 12.1. The second-order valence-corrected chi connectivity index (χ2v) is 4.74. The normalized spacial score (nSPS) is 12.1. The first-order valence-corrected chi connectivity index (χ1v) is 5.01. The molecule has 0 aliphatic heterocycles. The van der Waals surface area contributed by atoms with Crippen molar-refractivity contribution in [2.75, 3.05) is 0 Å². The third kappa shape index (κ3) is 9.14. The van der Waals surface area contributed by atoms with Crippen LogP contribution in [-0.2, 0) is 4.79 Å². The smallest absolute Gasteiger partial charge is 0.226 e. The molecule has 0 atom stereocenters. The SMILES string of the molecule is C/C(CC(=O)NC(C)(C)C)=N/NC(N)=S. The van der Waals surface area contributed by atoms with Gasteiger partial charge in [-0.15, -0.1) is 0 Å². The molecule has 0 saturated carbocycles. The number of hydrogen-bond acceptors (Lipinski definition) is 3. The first-order valence-electron chi connectivity index (χ1n) is 4.60. The molecule has 1 amide bonds. The molecule has 0 aliphatic rings. The fraction of sp³-hybridized carbons (Fsp3) is 0.667. The topological polar surface area (TPSA) is 79.5 Å². The van der Waals surface area contributed by atoms with Crippen LogP contribution in [-0.4, -0.2) is 22.3 Å². The van der Waals surface area contributed by atoms with Crippen molar-refractivity contribution in [2.45, 2.75) is 39.7 Å². The van der Waals surface area contributed by atoms with Crippen molar-refractivity contribution in [1.82, 2.24) is 10.7 Å². The zero-order valence-corrected chi connectivity index (χ0v) is 10.4. The van der Waals surface area contributed by atoms with Crippen molar-refractivity contribution in [3.63, 3.8) is 0 Å². The second kappa shape index (κ2) is 5.65. The molecule has 0 heterocycles. The minimum atomic E-state index is -0.228. The van der Waals surface area contributed by atoms with E-state index in [-0.39, 0.29) is 23.0 Å². The third-order valence-corrected chi connectivity index (χ3v) is 1.38. The van der Waals surface area contributed by atoms with Crippen LogP contribution in [0.3, 0.4) is 0 Å². The first-order chi connectivity index (χ1) is 6.70. The maximum absolute atomic E-state index is 11.4. The maximum Gasteiger partial charge on any atom is 0.226 e. The van der Waals surface area contributed by atoms with Gasteiger partial charge in [0.1, 0.15) is 0 Å². The van der Waals surface area contributed by atoms with Gasteiger partial charge in [0, 0.05) is 11.3 Å². The first kappa shape index (κ1) is 13.8.